The van der Waals surface area contributed by atoms with Gasteiger partial charge in [0, 0.05) is 4.47 Å². The first-order chi connectivity index (χ1) is 5.52. The van der Waals surface area contributed by atoms with Gasteiger partial charge in [0.1, 0.15) is 5.75 Å². The molecule has 0 saturated heterocycles. The molecule has 4 heteroatoms. The maximum atomic E-state index is 10.6. The van der Waals surface area contributed by atoms with Gasteiger partial charge in [0.05, 0.1) is 5.56 Å². The molecular weight excluding hydrogens is 224 g/mol. The van der Waals surface area contributed by atoms with Gasteiger partial charge in [-0.05, 0) is 24.6 Å². The fourth-order valence-electron chi connectivity index (χ4n) is 0.887. The van der Waals surface area contributed by atoms with Crippen molar-refractivity contribution in [3.8, 4) is 5.75 Å². The predicted octanol–water partition coefficient (Wildman–Crippen LogP) is 2.16. The second-order valence-corrected chi connectivity index (χ2v) is 3.26. The normalized spacial score (nSPS) is 9.83. The number of benzene rings is 1. The maximum absolute atomic E-state index is 10.6. The SMILES string of the molecule is Cc1c(Br)cc(O)cc1C(=O)O. The van der Waals surface area contributed by atoms with Crippen LogP contribution in [0.1, 0.15) is 15.9 Å². The van der Waals surface area contributed by atoms with Crippen molar-refractivity contribution in [1.82, 2.24) is 0 Å². The summed E-state index contributed by atoms with van der Waals surface area (Å²) < 4.78 is 0.597. The lowest BCUT2D eigenvalue weighted by Crippen LogP contribution is -1.99. The van der Waals surface area contributed by atoms with Gasteiger partial charge in [-0.1, -0.05) is 15.9 Å². The van der Waals surface area contributed by atoms with Crippen molar-refractivity contribution in [3.63, 3.8) is 0 Å². The highest BCUT2D eigenvalue weighted by Crippen LogP contribution is 2.25. The molecule has 0 aliphatic rings. The van der Waals surface area contributed by atoms with Crippen LogP contribution < -0.4 is 0 Å². The Morgan fingerprint density at radius 2 is 2.08 bits per heavy atom. The number of aromatic carboxylic acids is 1. The molecule has 0 unspecified atom stereocenters. The van der Waals surface area contributed by atoms with E-state index in [9.17, 15) is 4.79 Å². The van der Waals surface area contributed by atoms with Crippen molar-refractivity contribution in [2.75, 3.05) is 0 Å². The fraction of sp³-hybridized carbons (Fsp3) is 0.125. The molecule has 0 aliphatic heterocycles. The summed E-state index contributed by atoms with van der Waals surface area (Å²) in [6.07, 6.45) is 0. The van der Waals surface area contributed by atoms with Crippen LogP contribution in [0.25, 0.3) is 0 Å². The fourth-order valence-corrected chi connectivity index (χ4v) is 1.33. The molecule has 0 fully saturated rings. The van der Waals surface area contributed by atoms with Gasteiger partial charge in [0.25, 0.3) is 0 Å². The summed E-state index contributed by atoms with van der Waals surface area (Å²) in [5.74, 6) is -1.09. The van der Waals surface area contributed by atoms with E-state index in [1.807, 2.05) is 0 Å². The molecule has 1 rings (SSSR count). The van der Waals surface area contributed by atoms with Crippen LogP contribution in [0.2, 0.25) is 0 Å². The molecule has 2 N–H and O–H groups in total. The predicted molar refractivity (Wildman–Crippen MR) is 47.5 cm³/mol. The second kappa shape index (κ2) is 3.15. The summed E-state index contributed by atoms with van der Waals surface area (Å²) in [4.78, 5) is 10.6. The molecule has 3 nitrogen and oxygen atoms in total. The quantitative estimate of drug-likeness (QED) is 0.778. The number of aromatic hydroxyl groups is 1. The molecule has 1 aromatic carbocycles. The van der Waals surface area contributed by atoms with E-state index >= 15 is 0 Å². The third kappa shape index (κ3) is 1.58. The second-order valence-electron chi connectivity index (χ2n) is 2.41. The number of phenolic OH excluding ortho intramolecular Hbond substituents is 1. The molecule has 0 amide bonds. The van der Waals surface area contributed by atoms with Crippen LogP contribution in [-0.2, 0) is 0 Å². The number of phenols is 1. The van der Waals surface area contributed by atoms with Crippen LogP contribution in [0.4, 0.5) is 0 Å². The zero-order valence-corrected chi connectivity index (χ0v) is 7.92. The molecule has 0 saturated carbocycles. The minimum Gasteiger partial charge on any atom is -0.508 e. The molecule has 0 radical (unpaired) electrons. The summed E-state index contributed by atoms with van der Waals surface area (Å²) in [6.45, 7) is 1.67. The highest BCUT2D eigenvalue weighted by molar-refractivity contribution is 9.10. The van der Waals surface area contributed by atoms with E-state index in [-0.39, 0.29) is 11.3 Å². The van der Waals surface area contributed by atoms with E-state index in [0.717, 1.165) is 0 Å². The standard InChI is InChI=1S/C8H7BrO3/c1-4-6(8(11)12)2-5(10)3-7(4)9/h2-3,10H,1H3,(H,11,12). The highest BCUT2D eigenvalue weighted by atomic mass is 79.9. The van der Waals surface area contributed by atoms with E-state index in [2.05, 4.69) is 15.9 Å². The molecule has 0 atom stereocenters. The number of carbonyl (C=O) groups is 1. The van der Waals surface area contributed by atoms with Gasteiger partial charge in [0.2, 0.25) is 0 Å². The smallest absolute Gasteiger partial charge is 0.336 e. The van der Waals surface area contributed by atoms with Gasteiger partial charge in [-0.3, -0.25) is 0 Å². The Kier molecular flexibility index (Phi) is 2.38. The summed E-state index contributed by atoms with van der Waals surface area (Å²) >= 11 is 3.14. The highest BCUT2D eigenvalue weighted by Gasteiger charge is 2.10. The van der Waals surface area contributed by atoms with Gasteiger partial charge in [-0.25, -0.2) is 4.79 Å². The van der Waals surface area contributed by atoms with Crippen LogP contribution in [0, 0.1) is 6.92 Å². The third-order valence-electron chi connectivity index (χ3n) is 1.56. The van der Waals surface area contributed by atoms with Crippen molar-refractivity contribution in [2.45, 2.75) is 6.92 Å². The number of hydrogen-bond donors (Lipinski definition) is 2. The van der Waals surface area contributed by atoms with Crippen LogP contribution in [0.5, 0.6) is 5.75 Å². The molecule has 0 aromatic heterocycles. The molecule has 0 heterocycles. The van der Waals surface area contributed by atoms with Crippen molar-refractivity contribution in [2.24, 2.45) is 0 Å². The average molecular weight is 231 g/mol. The van der Waals surface area contributed by atoms with Crippen LogP contribution in [0.3, 0.4) is 0 Å². The third-order valence-corrected chi connectivity index (χ3v) is 2.38. The summed E-state index contributed by atoms with van der Waals surface area (Å²) in [7, 11) is 0. The topological polar surface area (TPSA) is 57.5 Å². The van der Waals surface area contributed by atoms with Crippen LogP contribution in [-0.4, -0.2) is 16.2 Å². The van der Waals surface area contributed by atoms with Crippen molar-refractivity contribution in [1.29, 1.82) is 0 Å². The number of rotatable bonds is 1. The molecule has 1 aromatic rings. The molecule has 64 valence electrons. The van der Waals surface area contributed by atoms with Crippen LogP contribution in [0.15, 0.2) is 16.6 Å². The van der Waals surface area contributed by atoms with E-state index < -0.39 is 5.97 Å². The lowest BCUT2D eigenvalue weighted by Gasteiger charge is -2.03. The van der Waals surface area contributed by atoms with E-state index in [1.54, 1.807) is 6.92 Å². The van der Waals surface area contributed by atoms with E-state index in [0.29, 0.717) is 10.0 Å². The molecule has 12 heavy (non-hydrogen) atoms. The van der Waals surface area contributed by atoms with Crippen LogP contribution >= 0.6 is 15.9 Å². The monoisotopic (exact) mass is 230 g/mol. The first-order valence-electron chi connectivity index (χ1n) is 3.25. The Morgan fingerprint density at radius 1 is 1.50 bits per heavy atom. The van der Waals surface area contributed by atoms with Gasteiger partial charge < -0.3 is 10.2 Å². The lowest BCUT2D eigenvalue weighted by molar-refractivity contribution is 0.0695. The number of carboxylic acids is 1. The molecule has 0 bridgehead atoms. The average Bonchev–Trinajstić information content (AvgIpc) is 1.96. The minimum atomic E-state index is -1.04. The lowest BCUT2D eigenvalue weighted by atomic mass is 10.1. The molecule has 0 spiro atoms. The zero-order chi connectivity index (χ0) is 9.30. The first-order valence-corrected chi connectivity index (χ1v) is 4.04. The van der Waals surface area contributed by atoms with Gasteiger partial charge in [0.15, 0.2) is 0 Å². The van der Waals surface area contributed by atoms with Gasteiger partial charge in [-0.2, -0.15) is 0 Å². The summed E-state index contributed by atoms with van der Waals surface area (Å²) in [6, 6.07) is 2.68. The van der Waals surface area contributed by atoms with E-state index in [1.165, 1.54) is 12.1 Å². The minimum absolute atomic E-state index is 0.0510. The van der Waals surface area contributed by atoms with Crippen molar-refractivity contribution >= 4 is 21.9 Å². The van der Waals surface area contributed by atoms with Gasteiger partial charge >= 0.3 is 5.97 Å². The van der Waals surface area contributed by atoms with E-state index in [4.69, 9.17) is 10.2 Å². The zero-order valence-electron chi connectivity index (χ0n) is 6.34. The first kappa shape index (κ1) is 9.06. The Hall–Kier alpha value is -1.03. The summed E-state index contributed by atoms with van der Waals surface area (Å²) in [5, 5.41) is 17.8. The molecule has 0 aliphatic carbocycles. The van der Waals surface area contributed by atoms with Gasteiger partial charge in [-0.15, -0.1) is 0 Å². The Morgan fingerprint density at radius 3 is 2.58 bits per heavy atom. The van der Waals surface area contributed by atoms with Crippen molar-refractivity contribution < 1.29 is 15.0 Å². The van der Waals surface area contributed by atoms with Crippen molar-refractivity contribution in [3.05, 3.63) is 27.7 Å². The summed E-state index contributed by atoms with van der Waals surface area (Å²) in [5.41, 5.74) is 0.724. The number of carboxylic acid groups (broad SMARTS) is 1. The number of halogens is 1. The Labute approximate surface area is 77.8 Å². The largest absolute Gasteiger partial charge is 0.508 e. The number of hydrogen-bond acceptors (Lipinski definition) is 2. The maximum Gasteiger partial charge on any atom is 0.336 e. The molecular formula is C8H7BrO3. The Balaban J connectivity index is 3.37. The Bertz CT molecular complexity index is 333.